The summed E-state index contributed by atoms with van der Waals surface area (Å²) in [6.45, 7) is 0.486. The second kappa shape index (κ2) is 5.80. The SMILES string of the molecule is CN(C[C@@H](O)C1CC1)C(=O)C1(Cc2ccccc2)CCC1. The van der Waals surface area contributed by atoms with Crippen molar-refractivity contribution in [2.45, 2.75) is 44.6 Å². The average molecular weight is 287 g/mol. The predicted molar refractivity (Wildman–Crippen MR) is 82.8 cm³/mol. The average Bonchev–Trinajstić information content (AvgIpc) is 3.27. The van der Waals surface area contributed by atoms with Gasteiger partial charge in [0.25, 0.3) is 0 Å². The normalized spacial score (nSPS) is 21.4. The van der Waals surface area contributed by atoms with E-state index >= 15 is 0 Å². The highest BCUT2D eigenvalue weighted by molar-refractivity contribution is 5.83. The van der Waals surface area contributed by atoms with E-state index in [-0.39, 0.29) is 17.4 Å². The predicted octanol–water partition coefficient (Wildman–Crippen LogP) is 2.63. The molecule has 1 aromatic rings. The van der Waals surface area contributed by atoms with Gasteiger partial charge in [0.1, 0.15) is 0 Å². The molecule has 1 amide bonds. The van der Waals surface area contributed by atoms with Gasteiger partial charge in [-0.1, -0.05) is 36.8 Å². The third-order valence-electron chi connectivity index (χ3n) is 5.12. The quantitative estimate of drug-likeness (QED) is 0.874. The molecule has 2 saturated carbocycles. The van der Waals surface area contributed by atoms with Gasteiger partial charge in [0.05, 0.1) is 11.5 Å². The van der Waals surface area contributed by atoms with Crippen LogP contribution in [0.25, 0.3) is 0 Å². The van der Waals surface area contributed by atoms with E-state index in [4.69, 9.17) is 0 Å². The van der Waals surface area contributed by atoms with Crippen LogP contribution >= 0.6 is 0 Å². The van der Waals surface area contributed by atoms with Crippen LogP contribution in [0.4, 0.5) is 0 Å². The molecule has 3 heteroatoms. The Morgan fingerprint density at radius 2 is 2.00 bits per heavy atom. The summed E-state index contributed by atoms with van der Waals surface area (Å²) < 4.78 is 0. The van der Waals surface area contributed by atoms with E-state index in [0.29, 0.717) is 12.5 Å². The molecular weight excluding hydrogens is 262 g/mol. The molecule has 3 nitrogen and oxygen atoms in total. The zero-order valence-electron chi connectivity index (χ0n) is 12.8. The number of benzene rings is 1. The van der Waals surface area contributed by atoms with Crippen LogP contribution in [0.5, 0.6) is 0 Å². The molecule has 114 valence electrons. The van der Waals surface area contributed by atoms with E-state index in [1.165, 1.54) is 5.56 Å². The maximum Gasteiger partial charge on any atom is 0.228 e. The van der Waals surface area contributed by atoms with Crippen molar-refractivity contribution in [1.82, 2.24) is 4.90 Å². The van der Waals surface area contributed by atoms with E-state index in [1.807, 2.05) is 25.2 Å². The van der Waals surface area contributed by atoms with Crippen molar-refractivity contribution in [3.8, 4) is 0 Å². The molecule has 3 rings (SSSR count). The van der Waals surface area contributed by atoms with E-state index in [1.54, 1.807) is 4.90 Å². The van der Waals surface area contributed by atoms with E-state index in [2.05, 4.69) is 12.1 Å². The van der Waals surface area contributed by atoms with Gasteiger partial charge in [-0.05, 0) is 43.6 Å². The number of amides is 1. The highest BCUT2D eigenvalue weighted by Crippen LogP contribution is 2.45. The standard InChI is InChI=1S/C18H25NO2/c1-19(13-16(20)15-8-9-15)17(21)18(10-5-11-18)12-14-6-3-2-4-7-14/h2-4,6-7,15-16,20H,5,8-13H2,1H3/t16-/m1/s1. The van der Waals surface area contributed by atoms with Crippen LogP contribution < -0.4 is 0 Å². The van der Waals surface area contributed by atoms with Gasteiger partial charge >= 0.3 is 0 Å². The van der Waals surface area contributed by atoms with Crippen LogP contribution in [0.3, 0.4) is 0 Å². The Kier molecular flexibility index (Phi) is 4.03. The van der Waals surface area contributed by atoms with Gasteiger partial charge in [-0.3, -0.25) is 4.79 Å². The molecule has 2 fully saturated rings. The number of carbonyl (C=O) groups is 1. The van der Waals surface area contributed by atoms with Crippen LogP contribution in [0.1, 0.15) is 37.7 Å². The lowest BCUT2D eigenvalue weighted by atomic mass is 9.64. The second-order valence-corrected chi connectivity index (χ2v) is 6.89. The van der Waals surface area contributed by atoms with Crippen molar-refractivity contribution >= 4 is 5.91 Å². The lowest BCUT2D eigenvalue weighted by molar-refractivity contribution is -0.147. The smallest absolute Gasteiger partial charge is 0.228 e. The number of nitrogens with zero attached hydrogens (tertiary/aromatic N) is 1. The Hall–Kier alpha value is -1.35. The van der Waals surface area contributed by atoms with Crippen molar-refractivity contribution < 1.29 is 9.90 Å². The molecular formula is C18H25NO2. The summed E-state index contributed by atoms with van der Waals surface area (Å²) in [6.07, 6.45) is 5.80. The molecule has 0 radical (unpaired) electrons. The number of hydrogen-bond donors (Lipinski definition) is 1. The molecule has 1 N–H and O–H groups in total. The third-order valence-corrected chi connectivity index (χ3v) is 5.12. The summed E-state index contributed by atoms with van der Waals surface area (Å²) in [6, 6.07) is 10.3. The highest BCUT2D eigenvalue weighted by Gasteiger charge is 2.46. The highest BCUT2D eigenvalue weighted by atomic mass is 16.3. The van der Waals surface area contributed by atoms with Gasteiger partial charge < -0.3 is 10.0 Å². The maximum absolute atomic E-state index is 12.8. The van der Waals surface area contributed by atoms with Crippen molar-refractivity contribution in [2.24, 2.45) is 11.3 Å². The zero-order chi connectivity index (χ0) is 14.9. The molecule has 21 heavy (non-hydrogen) atoms. The zero-order valence-corrected chi connectivity index (χ0v) is 12.8. The van der Waals surface area contributed by atoms with Gasteiger partial charge in [-0.15, -0.1) is 0 Å². The van der Waals surface area contributed by atoms with Crippen LogP contribution in [-0.4, -0.2) is 35.6 Å². The number of aliphatic hydroxyl groups excluding tert-OH is 1. The number of aliphatic hydroxyl groups is 1. The third kappa shape index (κ3) is 3.13. The lowest BCUT2D eigenvalue weighted by Crippen LogP contribution is -2.49. The minimum atomic E-state index is -0.340. The maximum atomic E-state index is 12.8. The summed E-state index contributed by atoms with van der Waals surface area (Å²) in [5, 5.41) is 10.1. The minimum Gasteiger partial charge on any atom is -0.391 e. The van der Waals surface area contributed by atoms with E-state index < -0.39 is 0 Å². The number of carbonyl (C=O) groups excluding carboxylic acids is 1. The van der Waals surface area contributed by atoms with Crippen LogP contribution in [0.2, 0.25) is 0 Å². The molecule has 0 unspecified atom stereocenters. The van der Waals surface area contributed by atoms with Crippen molar-refractivity contribution in [2.75, 3.05) is 13.6 Å². The van der Waals surface area contributed by atoms with Crippen molar-refractivity contribution in [3.05, 3.63) is 35.9 Å². The number of hydrogen-bond acceptors (Lipinski definition) is 2. The van der Waals surface area contributed by atoms with Crippen LogP contribution in [-0.2, 0) is 11.2 Å². The van der Waals surface area contributed by atoms with Crippen molar-refractivity contribution in [3.63, 3.8) is 0 Å². The Labute approximate surface area is 127 Å². The van der Waals surface area contributed by atoms with Gasteiger partial charge in [0.2, 0.25) is 5.91 Å². The summed E-state index contributed by atoms with van der Waals surface area (Å²) in [5.41, 5.74) is 1.01. The molecule has 0 bridgehead atoms. The molecule has 2 aliphatic rings. The molecule has 0 aliphatic heterocycles. The number of rotatable bonds is 6. The van der Waals surface area contributed by atoms with Crippen LogP contribution in [0, 0.1) is 11.3 Å². The van der Waals surface area contributed by atoms with Crippen molar-refractivity contribution in [1.29, 1.82) is 0 Å². The summed E-state index contributed by atoms with van der Waals surface area (Å²) in [4.78, 5) is 14.6. The molecule has 0 heterocycles. The Morgan fingerprint density at radius 3 is 2.52 bits per heavy atom. The van der Waals surface area contributed by atoms with Gasteiger partial charge in [-0.25, -0.2) is 0 Å². The first-order chi connectivity index (χ1) is 10.1. The first-order valence-electron chi connectivity index (χ1n) is 8.08. The fourth-order valence-corrected chi connectivity index (χ4v) is 3.45. The molecule has 0 spiro atoms. The lowest BCUT2D eigenvalue weighted by Gasteiger charge is -2.43. The van der Waals surface area contributed by atoms with Gasteiger partial charge in [0.15, 0.2) is 0 Å². The molecule has 2 aliphatic carbocycles. The van der Waals surface area contributed by atoms with E-state index in [0.717, 1.165) is 38.5 Å². The Balaban J connectivity index is 1.65. The summed E-state index contributed by atoms with van der Waals surface area (Å²) in [7, 11) is 1.85. The fourth-order valence-electron chi connectivity index (χ4n) is 3.45. The minimum absolute atomic E-state index is 0.220. The monoisotopic (exact) mass is 287 g/mol. The Morgan fingerprint density at radius 1 is 1.33 bits per heavy atom. The van der Waals surface area contributed by atoms with Gasteiger partial charge in [0, 0.05) is 13.6 Å². The largest absolute Gasteiger partial charge is 0.391 e. The topological polar surface area (TPSA) is 40.5 Å². The second-order valence-electron chi connectivity index (χ2n) is 6.89. The summed E-state index contributed by atoms with van der Waals surface area (Å²) >= 11 is 0. The van der Waals surface area contributed by atoms with E-state index in [9.17, 15) is 9.90 Å². The molecule has 0 aromatic heterocycles. The molecule has 1 atom stereocenters. The Bertz CT molecular complexity index is 491. The summed E-state index contributed by atoms with van der Waals surface area (Å²) in [5.74, 6) is 0.643. The first-order valence-corrected chi connectivity index (χ1v) is 8.08. The first kappa shape index (κ1) is 14.6. The molecule has 0 saturated heterocycles. The molecule has 1 aromatic carbocycles. The number of likely N-dealkylation sites (N-methyl/N-ethyl adjacent to an activating group) is 1. The van der Waals surface area contributed by atoms with Crippen LogP contribution in [0.15, 0.2) is 30.3 Å². The fraction of sp³-hybridized carbons (Fsp3) is 0.611. The van der Waals surface area contributed by atoms with Gasteiger partial charge in [-0.2, -0.15) is 0 Å².